The van der Waals surface area contributed by atoms with Crippen LogP contribution >= 0.6 is 11.8 Å². The number of hydrogen-bond donors (Lipinski definition) is 0. The van der Waals surface area contributed by atoms with Crippen LogP contribution in [0.3, 0.4) is 0 Å². The van der Waals surface area contributed by atoms with Crippen LogP contribution in [0.4, 0.5) is 28.4 Å². The first-order valence-corrected chi connectivity index (χ1v) is 19.4. The first-order chi connectivity index (χ1) is 26.8. The van der Waals surface area contributed by atoms with Crippen LogP contribution in [0.25, 0.3) is 50.3 Å². The lowest BCUT2D eigenvalue weighted by atomic mass is 9.97. The summed E-state index contributed by atoms with van der Waals surface area (Å²) in [4.78, 5) is 7.49. The SMILES string of the molecule is C1=c2c(n(-c3ccc(N4c5ccccc5Sc5ccccc54)cc3)c3ccccc23)=CC(N(c2ccccc2)c2cc3ccccc3c3ccccc23)C1. The quantitative estimate of drug-likeness (QED) is 0.165. The normalized spacial score (nSPS) is 14.6. The Bertz CT molecular complexity index is 2970. The van der Waals surface area contributed by atoms with Crippen molar-refractivity contribution in [1.29, 1.82) is 0 Å². The van der Waals surface area contributed by atoms with E-state index in [1.807, 2.05) is 11.8 Å². The van der Waals surface area contributed by atoms with Crippen molar-refractivity contribution in [3.63, 3.8) is 0 Å². The molecule has 2 aliphatic rings. The van der Waals surface area contributed by atoms with Crippen molar-refractivity contribution < 1.29 is 0 Å². The zero-order valence-corrected chi connectivity index (χ0v) is 30.3. The van der Waals surface area contributed by atoms with E-state index in [1.54, 1.807) is 0 Å². The molecule has 256 valence electrons. The molecular weight excluding hydrogens is 675 g/mol. The highest BCUT2D eigenvalue weighted by Crippen LogP contribution is 2.51. The molecule has 1 atom stereocenters. The number of benzene rings is 8. The minimum Gasteiger partial charge on any atom is -0.334 e. The molecule has 1 aromatic heterocycles. The summed E-state index contributed by atoms with van der Waals surface area (Å²) in [5.41, 5.74) is 8.35. The summed E-state index contributed by atoms with van der Waals surface area (Å²) in [7, 11) is 0. The van der Waals surface area contributed by atoms with Crippen LogP contribution in [0.1, 0.15) is 6.42 Å². The van der Waals surface area contributed by atoms with Crippen LogP contribution in [0.2, 0.25) is 0 Å². The van der Waals surface area contributed by atoms with Crippen molar-refractivity contribution in [3.8, 4) is 5.69 Å². The number of aromatic nitrogens is 1. The van der Waals surface area contributed by atoms with Crippen LogP contribution in [0.5, 0.6) is 0 Å². The van der Waals surface area contributed by atoms with Gasteiger partial charge < -0.3 is 14.4 Å². The van der Waals surface area contributed by atoms with Gasteiger partial charge in [-0.2, -0.15) is 0 Å². The minimum atomic E-state index is 0.0886. The van der Waals surface area contributed by atoms with Crippen molar-refractivity contribution in [1.82, 2.24) is 4.57 Å². The van der Waals surface area contributed by atoms with E-state index in [9.17, 15) is 0 Å². The fourth-order valence-corrected chi connectivity index (χ4v) is 9.73. The molecule has 0 N–H and O–H groups in total. The van der Waals surface area contributed by atoms with Crippen molar-refractivity contribution in [2.75, 3.05) is 9.80 Å². The molecule has 1 aliphatic heterocycles. The van der Waals surface area contributed by atoms with Crippen molar-refractivity contribution >= 4 is 84.8 Å². The van der Waals surface area contributed by atoms with Crippen LogP contribution < -0.4 is 20.4 Å². The molecule has 0 bridgehead atoms. The van der Waals surface area contributed by atoms with Gasteiger partial charge in [0.05, 0.1) is 34.0 Å². The third-order valence-electron chi connectivity index (χ3n) is 11.0. The van der Waals surface area contributed by atoms with E-state index in [4.69, 9.17) is 0 Å². The average molecular weight is 710 g/mol. The fourth-order valence-electron chi connectivity index (χ4n) is 8.68. The fraction of sp³-hybridized carbons (Fsp3) is 0.0400. The lowest BCUT2D eigenvalue weighted by molar-refractivity contribution is 0.832. The summed E-state index contributed by atoms with van der Waals surface area (Å²) in [5.74, 6) is 0. The standard InChI is InChI=1S/C50H35N3S/c1-2-15-35(16-3-1)51(47-32-34-14-4-5-17-39(34)40-18-6-7-19-41(40)47)38-30-31-43-42-20-8-9-21-44(42)52(48(43)33-38)36-26-28-37(29-27-36)53-45-22-10-12-24-49(45)54-50-25-13-11-23-46(50)53/h1-29,31-33,38H,30H2. The van der Waals surface area contributed by atoms with Gasteiger partial charge in [0.15, 0.2) is 0 Å². The van der Waals surface area contributed by atoms with Gasteiger partial charge in [-0.15, -0.1) is 0 Å². The number of hydrogen-bond acceptors (Lipinski definition) is 3. The lowest BCUT2D eigenvalue weighted by Crippen LogP contribution is -2.39. The van der Waals surface area contributed by atoms with E-state index in [0.717, 1.165) is 17.8 Å². The topological polar surface area (TPSA) is 11.4 Å². The molecule has 4 heteroatoms. The van der Waals surface area contributed by atoms with Gasteiger partial charge in [-0.3, -0.25) is 0 Å². The van der Waals surface area contributed by atoms with Crippen LogP contribution in [-0.4, -0.2) is 10.6 Å². The van der Waals surface area contributed by atoms with Crippen LogP contribution in [0.15, 0.2) is 192 Å². The molecule has 54 heavy (non-hydrogen) atoms. The molecule has 9 aromatic rings. The molecule has 1 aliphatic carbocycles. The van der Waals surface area contributed by atoms with Gasteiger partial charge in [0, 0.05) is 42.8 Å². The maximum Gasteiger partial charge on any atom is 0.0601 e. The summed E-state index contributed by atoms with van der Waals surface area (Å²) in [6, 6.07) is 66.4. The number of para-hydroxylation sites is 4. The Balaban J connectivity index is 1.09. The Hall–Kier alpha value is -6.49. The highest BCUT2D eigenvalue weighted by atomic mass is 32.2. The number of nitrogens with zero attached hydrogens (tertiary/aromatic N) is 3. The largest absolute Gasteiger partial charge is 0.334 e. The maximum absolute atomic E-state index is 2.56. The first-order valence-electron chi connectivity index (χ1n) is 18.6. The molecule has 0 spiro atoms. The molecule has 0 saturated carbocycles. The number of fused-ring (bicyclic) bond motifs is 8. The van der Waals surface area contributed by atoms with E-state index in [1.165, 1.54) is 75.6 Å². The highest BCUT2D eigenvalue weighted by Gasteiger charge is 2.26. The second-order valence-corrected chi connectivity index (χ2v) is 15.2. The Morgan fingerprint density at radius 2 is 1.11 bits per heavy atom. The zero-order valence-electron chi connectivity index (χ0n) is 29.5. The molecule has 3 nitrogen and oxygen atoms in total. The van der Waals surface area contributed by atoms with Crippen LogP contribution in [0, 0.1) is 0 Å². The van der Waals surface area contributed by atoms with Gasteiger partial charge in [-0.1, -0.05) is 127 Å². The van der Waals surface area contributed by atoms with E-state index in [-0.39, 0.29) is 6.04 Å². The van der Waals surface area contributed by atoms with Gasteiger partial charge >= 0.3 is 0 Å². The van der Waals surface area contributed by atoms with Crippen molar-refractivity contribution in [3.05, 3.63) is 193 Å². The Morgan fingerprint density at radius 1 is 0.519 bits per heavy atom. The summed E-state index contributed by atoms with van der Waals surface area (Å²) in [5, 5.41) is 8.89. The highest BCUT2D eigenvalue weighted by molar-refractivity contribution is 7.99. The van der Waals surface area contributed by atoms with Crippen LogP contribution in [-0.2, 0) is 0 Å². The Kier molecular flexibility index (Phi) is 7.24. The average Bonchev–Trinajstić information content (AvgIpc) is 3.57. The third kappa shape index (κ3) is 4.91. The number of rotatable bonds is 5. The molecule has 2 heterocycles. The Labute approximate surface area is 318 Å². The summed E-state index contributed by atoms with van der Waals surface area (Å²) in [6.45, 7) is 0. The predicted molar refractivity (Wildman–Crippen MR) is 229 cm³/mol. The summed E-state index contributed by atoms with van der Waals surface area (Å²) < 4.78 is 2.47. The molecular formula is C50H35N3S. The molecule has 0 amide bonds. The zero-order chi connectivity index (χ0) is 35.6. The van der Waals surface area contributed by atoms with Gasteiger partial charge in [0.25, 0.3) is 0 Å². The minimum absolute atomic E-state index is 0.0886. The Morgan fingerprint density at radius 3 is 1.87 bits per heavy atom. The lowest BCUT2D eigenvalue weighted by Gasteiger charge is -2.34. The second-order valence-electron chi connectivity index (χ2n) is 14.1. The summed E-state index contributed by atoms with van der Waals surface area (Å²) in [6.07, 6.45) is 5.86. The monoisotopic (exact) mass is 709 g/mol. The first kappa shape index (κ1) is 31.1. The van der Waals surface area contributed by atoms with E-state index in [0.29, 0.717) is 0 Å². The third-order valence-corrected chi connectivity index (χ3v) is 12.2. The molecule has 1 unspecified atom stereocenters. The van der Waals surface area contributed by atoms with Gasteiger partial charge in [0.2, 0.25) is 0 Å². The van der Waals surface area contributed by atoms with E-state index in [2.05, 4.69) is 209 Å². The smallest absolute Gasteiger partial charge is 0.0601 e. The maximum atomic E-state index is 2.56. The van der Waals surface area contributed by atoms with Crippen molar-refractivity contribution in [2.45, 2.75) is 22.3 Å². The molecule has 0 radical (unpaired) electrons. The summed E-state index contributed by atoms with van der Waals surface area (Å²) >= 11 is 1.84. The molecule has 0 fully saturated rings. The van der Waals surface area contributed by atoms with Crippen molar-refractivity contribution in [2.24, 2.45) is 0 Å². The second kappa shape index (κ2) is 12.6. The molecule has 11 rings (SSSR count). The van der Waals surface area contributed by atoms with Gasteiger partial charge in [0.1, 0.15) is 0 Å². The predicted octanol–water partition coefficient (Wildman–Crippen LogP) is 12.0. The van der Waals surface area contributed by atoms with E-state index < -0.39 is 0 Å². The van der Waals surface area contributed by atoms with Gasteiger partial charge in [-0.25, -0.2) is 0 Å². The molecule has 8 aromatic carbocycles. The van der Waals surface area contributed by atoms with E-state index >= 15 is 0 Å². The van der Waals surface area contributed by atoms with Gasteiger partial charge in [-0.05, 0) is 101 Å². The molecule has 0 saturated heterocycles. The number of anilines is 5.